The van der Waals surface area contributed by atoms with Crippen molar-refractivity contribution >= 4 is 23.2 Å². The normalized spacial score (nSPS) is 13.4. The second-order valence-corrected chi connectivity index (χ2v) is 7.51. The molecule has 0 bridgehead atoms. The molecule has 0 spiro atoms. The van der Waals surface area contributed by atoms with Crippen molar-refractivity contribution in [3.8, 4) is 0 Å². The highest BCUT2D eigenvalue weighted by molar-refractivity contribution is 7.09. The van der Waals surface area contributed by atoms with Gasteiger partial charge in [0, 0.05) is 45.0 Å². The molecule has 0 unspecified atom stereocenters. The van der Waals surface area contributed by atoms with Crippen molar-refractivity contribution in [1.29, 1.82) is 0 Å². The number of aromatic nitrogens is 2. The van der Waals surface area contributed by atoms with E-state index in [9.17, 15) is 9.59 Å². The molecular formula is C18H22N4O3S. The van der Waals surface area contributed by atoms with Crippen LogP contribution < -0.4 is 0 Å². The minimum Gasteiger partial charge on any atom is -0.367 e. The number of aryl methyl sites for hydroxylation is 1. The van der Waals surface area contributed by atoms with Gasteiger partial charge in [0.15, 0.2) is 0 Å². The molecule has 0 fully saturated rings. The number of hydrogen-bond acceptors (Lipinski definition) is 6. The zero-order valence-corrected chi connectivity index (χ0v) is 16.0. The molecule has 1 aliphatic heterocycles. The fourth-order valence-electron chi connectivity index (χ4n) is 2.87. The number of thiazole rings is 1. The highest BCUT2D eigenvalue weighted by Gasteiger charge is 2.25. The van der Waals surface area contributed by atoms with Gasteiger partial charge in [-0.15, -0.1) is 11.3 Å². The van der Waals surface area contributed by atoms with E-state index < -0.39 is 0 Å². The van der Waals surface area contributed by atoms with Crippen LogP contribution >= 0.6 is 11.3 Å². The molecule has 26 heavy (non-hydrogen) atoms. The topological polar surface area (TPSA) is 75.6 Å². The molecule has 2 aromatic heterocycles. The van der Waals surface area contributed by atoms with Gasteiger partial charge in [-0.05, 0) is 30.0 Å². The van der Waals surface area contributed by atoms with E-state index in [1.807, 2.05) is 6.92 Å². The summed E-state index contributed by atoms with van der Waals surface area (Å²) in [6.45, 7) is 3.43. The van der Waals surface area contributed by atoms with Crippen molar-refractivity contribution in [2.45, 2.75) is 26.5 Å². The molecule has 0 N–H and O–H groups in total. The Morgan fingerprint density at radius 2 is 2.15 bits per heavy atom. The van der Waals surface area contributed by atoms with Gasteiger partial charge in [-0.3, -0.25) is 14.6 Å². The molecule has 7 nitrogen and oxygen atoms in total. The van der Waals surface area contributed by atoms with E-state index >= 15 is 0 Å². The summed E-state index contributed by atoms with van der Waals surface area (Å²) in [5.41, 5.74) is 3.67. The smallest absolute Gasteiger partial charge is 0.273 e. The van der Waals surface area contributed by atoms with Crippen LogP contribution in [0.2, 0.25) is 0 Å². The quantitative estimate of drug-likeness (QED) is 0.795. The maximum atomic E-state index is 12.6. The van der Waals surface area contributed by atoms with Crippen molar-refractivity contribution in [2.24, 2.45) is 0 Å². The first-order valence-electron chi connectivity index (χ1n) is 8.39. The van der Waals surface area contributed by atoms with Gasteiger partial charge < -0.3 is 14.5 Å². The molecule has 2 aromatic rings. The van der Waals surface area contributed by atoms with Crippen LogP contribution in [-0.4, -0.2) is 58.8 Å². The third-order valence-electron chi connectivity index (χ3n) is 4.34. The number of fused-ring (bicyclic) bond motifs is 1. The molecule has 8 heteroatoms. The zero-order chi connectivity index (χ0) is 18.7. The maximum absolute atomic E-state index is 12.6. The fraction of sp³-hybridized carbons (Fsp3) is 0.444. The zero-order valence-electron chi connectivity index (χ0n) is 15.2. The Labute approximate surface area is 156 Å². The Balaban J connectivity index is 1.66. The van der Waals surface area contributed by atoms with E-state index in [1.165, 1.54) is 16.2 Å². The van der Waals surface area contributed by atoms with E-state index in [0.29, 0.717) is 25.4 Å². The summed E-state index contributed by atoms with van der Waals surface area (Å²) in [5.74, 6) is -0.115. The Hall–Kier alpha value is -2.32. The molecular weight excluding hydrogens is 352 g/mol. The molecule has 138 valence electrons. The van der Waals surface area contributed by atoms with E-state index in [-0.39, 0.29) is 18.4 Å². The fourth-order valence-corrected chi connectivity index (χ4v) is 3.45. The van der Waals surface area contributed by atoms with Crippen LogP contribution in [0, 0.1) is 6.92 Å². The first-order valence-corrected chi connectivity index (χ1v) is 9.27. The van der Waals surface area contributed by atoms with Gasteiger partial charge in [0.2, 0.25) is 5.91 Å². The van der Waals surface area contributed by atoms with Crippen LogP contribution in [0.4, 0.5) is 0 Å². The highest BCUT2D eigenvalue weighted by Crippen LogP contribution is 2.24. The van der Waals surface area contributed by atoms with Gasteiger partial charge in [0.1, 0.15) is 12.3 Å². The first kappa shape index (κ1) is 18.5. The SMILES string of the molecule is Cc1nc(C(=O)N2CCc3c(COCC(=O)N(C)C)cncc3C2)cs1. The average Bonchev–Trinajstić information content (AvgIpc) is 3.07. The number of carbonyl (C=O) groups is 2. The number of likely N-dealkylation sites (N-methyl/N-ethyl adjacent to an activating group) is 1. The number of pyridine rings is 1. The number of rotatable bonds is 5. The van der Waals surface area contributed by atoms with Gasteiger partial charge in [-0.2, -0.15) is 0 Å². The summed E-state index contributed by atoms with van der Waals surface area (Å²) in [6.07, 6.45) is 4.32. The van der Waals surface area contributed by atoms with Crippen LogP contribution in [0.1, 0.15) is 32.2 Å². The lowest BCUT2D eigenvalue weighted by molar-refractivity contribution is -0.133. The van der Waals surface area contributed by atoms with Crippen molar-refractivity contribution < 1.29 is 14.3 Å². The predicted molar refractivity (Wildman–Crippen MR) is 97.9 cm³/mol. The van der Waals surface area contributed by atoms with Crippen LogP contribution in [0.3, 0.4) is 0 Å². The summed E-state index contributed by atoms with van der Waals surface area (Å²) >= 11 is 1.48. The molecule has 0 atom stereocenters. The third-order valence-corrected chi connectivity index (χ3v) is 5.11. The molecule has 3 rings (SSSR count). The van der Waals surface area contributed by atoms with E-state index in [4.69, 9.17) is 4.74 Å². The number of amides is 2. The van der Waals surface area contributed by atoms with Gasteiger partial charge in [0.05, 0.1) is 11.6 Å². The molecule has 0 saturated carbocycles. The van der Waals surface area contributed by atoms with Gasteiger partial charge in [-0.25, -0.2) is 4.98 Å². The molecule has 0 aliphatic carbocycles. The second kappa shape index (κ2) is 7.92. The summed E-state index contributed by atoms with van der Waals surface area (Å²) in [4.78, 5) is 36.1. The summed E-state index contributed by atoms with van der Waals surface area (Å²) in [7, 11) is 3.40. The van der Waals surface area contributed by atoms with Crippen molar-refractivity contribution in [2.75, 3.05) is 27.2 Å². The molecule has 3 heterocycles. The number of hydrogen-bond donors (Lipinski definition) is 0. The lowest BCUT2D eigenvalue weighted by atomic mass is 9.97. The van der Waals surface area contributed by atoms with Crippen LogP contribution in [0.15, 0.2) is 17.8 Å². The van der Waals surface area contributed by atoms with Gasteiger partial charge in [-0.1, -0.05) is 0 Å². The van der Waals surface area contributed by atoms with Crippen LogP contribution in [0.5, 0.6) is 0 Å². The Morgan fingerprint density at radius 1 is 1.35 bits per heavy atom. The lowest BCUT2D eigenvalue weighted by Crippen LogP contribution is -2.36. The maximum Gasteiger partial charge on any atom is 0.273 e. The Morgan fingerprint density at radius 3 is 2.85 bits per heavy atom. The minimum absolute atomic E-state index is 0.0433. The van der Waals surface area contributed by atoms with E-state index in [0.717, 1.165) is 28.1 Å². The average molecular weight is 374 g/mol. The van der Waals surface area contributed by atoms with E-state index in [1.54, 1.807) is 36.8 Å². The Bertz CT molecular complexity index is 819. The van der Waals surface area contributed by atoms with Crippen LogP contribution in [0.25, 0.3) is 0 Å². The summed E-state index contributed by atoms with van der Waals surface area (Å²) in [5, 5.41) is 2.69. The monoisotopic (exact) mass is 374 g/mol. The number of carbonyl (C=O) groups excluding carboxylic acids is 2. The minimum atomic E-state index is -0.0712. The molecule has 0 aromatic carbocycles. The lowest BCUT2D eigenvalue weighted by Gasteiger charge is -2.29. The predicted octanol–water partition coefficient (Wildman–Crippen LogP) is 1.65. The Kier molecular flexibility index (Phi) is 5.63. The molecule has 0 radical (unpaired) electrons. The summed E-state index contributed by atoms with van der Waals surface area (Å²) in [6, 6.07) is 0. The standard InChI is InChI=1S/C18H22N4O3S/c1-12-20-16(11-26-12)18(24)22-5-4-15-13(8-22)6-19-7-14(15)9-25-10-17(23)21(2)3/h6-7,11H,4-5,8-10H2,1-3H3. The van der Waals surface area contributed by atoms with Crippen molar-refractivity contribution in [3.63, 3.8) is 0 Å². The van der Waals surface area contributed by atoms with E-state index in [2.05, 4.69) is 9.97 Å². The largest absolute Gasteiger partial charge is 0.367 e. The second-order valence-electron chi connectivity index (χ2n) is 6.45. The molecule has 1 aliphatic rings. The molecule has 2 amide bonds. The third kappa shape index (κ3) is 4.08. The molecule has 0 saturated heterocycles. The van der Waals surface area contributed by atoms with Crippen LogP contribution in [-0.2, 0) is 29.1 Å². The number of ether oxygens (including phenoxy) is 1. The first-order chi connectivity index (χ1) is 12.5. The van der Waals surface area contributed by atoms with Gasteiger partial charge in [0.25, 0.3) is 5.91 Å². The highest BCUT2D eigenvalue weighted by atomic mass is 32.1. The van der Waals surface area contributed by atoms with Crippen molar-refractivity contribution in [3.05, 3.63) is 45.2 Å². The van der Waals surface area contributed by atoms with Gasteiger partial charge >= 0.3 is 0 Å². The number of nitrogens with zero attached hydrogens (tertiary/aromatic N) is 4. The summed E-state index contributed by atoms with van der Waals surface area (Å²) < 4.78 is 5.53. The van der Waals surface area contributed by atoms with Crippen molar-refractivity contribution in [1.82, 2.24) is 19.8 Å².